The second-order valence-corrected chi connectivity index (χ2v) is 6.95. The van der Waals surface area contributed by atoms with Gasteiger partial charge in [0.15, 0.2) is 17.3 Å². The van der Waals surface area contributed by atoms with Crippen LogP contribution in [0.2, 0.25) is 0 Å². The van der Waals surface area contributed by atoms with E-state index >= 15 is 0 Å². The number of nitrogens with one attached hydrogen (secondary N) is 2. The van der Waals surface area contributed by atoms with Gasteiger partial charge in [0, 0.05) is 23.9 Å². The molecule has 1 fully saturated rings. The van der Waals surface area contributed by atoms with Gasteiger partial charge in [-0.1, -0.05) is 0 Å². The smallest absolute Gasteiger partial charge is 0.272 e. The minimum absolute atomic E-state index is 0.183. The zero-order valence-corrected chi connectivity index (χ0v) is 14.7. The maximum absolute atomic E-state index is 13.6. The number of carbonyl (C=O) groups excluding carboxylic acids is 2. The summed E-state index contributed by atoms with van der Waals surface area (Å²) >= 11 is 0. The lowest BCUT2D eigenvalue weighted by molar-refractivity contribution is -0.122. The van der Waals surface area contributed by atoms with Gasteiger partial charge >= 0.3 is 0 Å². The first-order valence-electron chi connectivity index (χ1n) is 9.19. The minimum Gasteiger partial charge on any atom is -0.354 e. The zero-order valence-electron chi connectivity index (χ0n) is 14.7. The monoisotopic (exact) mass is 374 g/mol. The van der Waals surface area contributed by atoms with Crippen molar-refractivity contribution in [1.82, 2.24) is 20.4 Å². The van der Waals surface area contributed by atoms with E-state index in [-0.39, 0.29) is 11.6 Å². The van der Waals surface area contributed by atoms with Crippen LogP contribution in [0.3, 0.4) is 0 Å². The lowest BCUT2D eigenvalue weighted by Gasteiger charge is -2.14. The fourth-order valence-electron chi connectivity index (χ4n) is 3.75. The van der Waals surface area contributed by atoms with E-state index in [9.17, 15) is 18.4 Å². The number of halogens is 2. The van der Waals surface area contributed by atoms with Gasteiger partial charge in [0.1, 0.15) is 6.04 Å². The Kier molecular flexibility index (Phi) is 4.63. The number of hydrogen-bond donors (Lipinski definition) is 2. The van der Waals surface area contributed by atoms with Crippen molar-refractivity contribution in [3.05, 3.63) is 46.8 Å². The van der Waals surface area contributed by atoms with Gasteiger partial charge in [-0.2, -0.15) is 5.10 Å². The average Bonchev–Trinajstić information content (AvgIpc) is 3.19. The Labute approximate surface area is 154 Å². The summed E-state index contributed by atoms with van der Waals surface area (Å²) in [5.41, 5.74) is 2.27. The van der Waals surface area contributed by atoms with E-state index in [0.717, 1.165) is 42.7 Å². The van der Waals surface area contributed by atoms with Gasteiger partial charge in [0.2, 0.25) is 5.91 Å². The van der Waals surface area contributed by atoms with Crippen LogP contribution in [0.1, 0.15) is 47.4 Å². The molecule has 0 unspecified atom stereocenters. The van der Waals surface area contributed by atoms with Gasteiger partial charge in [-0.05, 0) is 50.7 Å². The number of carbonyl (C=O) groups is 2. The Morgan fingerprint density at radius 1 is 1.19 bits per heavy atom. The maximum Gasteiger partial charge on any atom is 0.272 e. The molecule has 1 atom stereocenters. The Bertz CT molecular complexity index is 909. The maximum atomic E-state index is 13.6. The molecule has 6 nitrogen and oxygen atoms in total. The quantitative estimate of drug-likeness (QED) is 0.863. The third-order valence-electron chi connectivity index (χ3n) is 5.13. The van der Waals surface area contributed by atoms with Gasteiger partial charge in [0.05, 0.1) is 5.69 Å². The van der Waals surface area contributed by atoms with Crippen molar-refractivity contribution >= 4 is 11.8 Å². The van der Waals surface area contributed by atoms with Crippen molar-refractivity contribution in [3.8, 4) is 5.69 Å². The van der Waals surface area contributed by atoms with E-state index in [2.05, 4.69) is 15.7 Å². The van der Waals surface area contributed by atoms with E-state index < -0.39 is 23.6 Å². The SMILES string of the molecule is O=C(N[C@@H]1CCCCNC1=O)c1nn(-c2ccc(F)c(F)c2)c2c1CCC2. The summed E-state index contributed by atoms with van der Waals surface area (Å²) in [5.74, 6) is -2.48. The van der Waals surface area contributed by atoms with Gasteiger partial charge in [0.25, 0.3) is 5.91 Å². The Morgan fingerprint density at radius 2 is 2.04 bits per heavy atom. The molecule has 1 aliphatic heterocycles. The molecule has 2 aliphatic rings. The predicted molar refractivity (Wildman–Crippen MR) is 93.6 cm³/mol. The summed E-state index contributed by atoms with van der Waals surface area (Å²) in [5, 5.41) is 9.94. The molecule has 2 aromatic rings. The molecule has 2 N–H and O–H groups in total. The van der Waals surface area contributed by atoms with Crippen LogP contribution in [0.5, 0.6) is 0 Å². The first-order valence-corrected chi connectivity index (χ1v) is 9.19. The summed E-state index contributed by atoms with van der Waals surface area (Å²) in [7, 11) is 0. The Balaban J connectivity index is 1.64. The van der Waals surface area contributed by atoms with Crippen LogP contribution < -0.4 is 10.6 Å². The molecule has 1 saturated heterocycles. The van der Waals surface area contributed by atoms with Gasteiger partial charge in [-0.3, -0.25) is 9.59 Å². The topological polar surface area (TPSA) is 76.0 Å². The van der Waals surface area contributed by atoms with Crippen molar-refractivity contribution in [3.63, 3.8) is 0 Å². The van der Waals surface area contributed by atoms with Crippen LogP contribution in [0.15, 0.2) is 18.2 Å². The summed E-state index contributed by atoms with van der Waals surface area (Å²) in [4.78, 5) is 24.9. The van der Waals surface area contributed by atoms with Crippen molar-refractivity contribution < 1.29 is 18.4 Å². The molecule has 1 aliphatic carbocycles. The van der Waals surface area contributed by atoms with Gasteiger partial charge in [-0.15, -0.1) is 0 Å². The third-order valence-corrected chi connectivity index (χ3v) is 5.13. The molecule has 0 radical (unpaired) electrons. The van der Waals surface area contributed by atoms with Crippen LogP contribution in [-0.2, 0) is 17.6 Å². The molecule has 0 saturated carbocycles. The van der Waals surface area contributed by atoms with E-state index in [0.29, 0.717) is 31.5 Å². The third kappa shape index (κ3) is 3.31. The van der Waals surface area contributed by atoms with E-state index in [1.807, 2.05) is 0 Å². The molecule has 1 aromatic heterocycles. The molecule has 27 heavy (non-hydrogen) atoms. The second kappa shape index (κ2) is 7.09. The summed E-state index contributed by atoms with van der Waals surface area (Å²) < 4.78 is 28.4. The minimum atomic E-state index is -0.962. The highest BCUT2D eigenvalue weighted by atomic mass is 19.2. The standard InChI is InChI=1S/C19H20F2N4O2/c20-13-8-7-11(10-14(13)21)25-16-6-3-4-12(16)17(24-25)19(27)23-15-5-1-2-9-22-18(15)26/h7-8,10,15H,1-6,9H2,(H,22,26)(H,23,27)/t15-/m1/s1. The molecule has 0 bridgehead atoms. The Hall–Kier alpha value is -2.77. The van der Waals surface area contributed by atoms with Crippen LogP contribution in [0.4, 0.5) is 8.78 Å². The first kappa shape index (κ1) is 17.6. The molecule has 2 heterocycles. The van der Waals surface area contributed by atoms with E-state index in [4.69, 9.17) is 0 Å². The van der Waals surface area contributed by atoms with Crippen LogP contribution in [0.25, 0.3) is 5.69 Å². The number of amides is 2. The molecule has 4 rings (SSSR count). The number of fused-ring (bicyclic) bond motifs is 1. The lowest BCUT2D eigenvalue weighted by Crippen LogP contribution is -2.45. The molecule has 2 amide bonds. The fourth-order valence-corrected chi connectivity index (χ4v) is 3.75. The normalized spacial score (nSPS) is 19.3. The predicted octanol–water partition coefficient (Wildman–Crippen LogP) is 2.04. The molecular weight excluding hydrogens is 354 g/mol. The van der Waals surface area contributed by atoms with Crippen molar-refractivity contribution in [2.24, 2.45) is 0 Å². The molecule has 8 heteroatoms. The first-order chi connectivity index (χ1) is 13.0. The Morgan fingerprint density at radius 3 is 2.85 bits per heavy atom. The molecule has 1 aromatic carbocycles. The number of nitrogens with zero attached hydrogens (tertiary/aromatic N) is 2. The summed E-state index contributed by atoms with van der Waals surface area (Å²) in [6.07, 6.45) is 4.59. The van der Waals surface area contributed by atoms with Crippen molar-refractivity contribution in [1.29, 1.82) is 0 Å². The van der Waals surface area contributed by atoms with E-state index in [1.165, 1.54) is 10.7 Å². The van der Waals surface area contributed by atoms with Crippen molar-refractivity contribution in [2.75, 3.05) is 6.54 Å². The molecular formula is C19H20F2N4O2. The zero-order chi connectivity index (χ0) is 19.0. The number of aromatic nitrogens is 2. The largest absolute Gasteiger partial charge is 0.354 e. The van der Waals surface area contributed by atoms with Gasteiger partial charge in [-0.25, -0.2) is 13.5 Å². The number of rotatable bonds is 3. The summed E-state index contributed by atoms with van der Waals surface area (Å²) in [6, 6.07) is 2.97. The van der Waals surface area contributed by atoms with Gasteiger partial charge < -0.3 is 10.6 Å². The fraction of sp³-hybridized carbons (Fsp3) is 0.421. The highest BCUT2D eigenvalue weighted by Gasteiger charge is 2.30. The van der Waals surface area contributed by atoms with Crippen molar-refractivity contribution in [2.45, 2.75) is 44.6 Å². The molecule has 0 spiro atoms. The number of hydrogen-bond acceptors (Lipinski definition) is 3. The lowest BCUT2D eigenvalue weighted by atomic mass is 10.1. The second-order valence-electron chi connectivity index (χ2n) is 6.95. The van der Waals surface area contributed by atoms with Crippen LogP contribution in [0, 0.1) is 11.6 Å². The molecule has 142 valence electrons. The average molecular weight is 374 g/mol. The van der Waals surface area contributed by atoms with Crippen LogP contribution in [-0.4, -0.2) is 34.2 Å². The van der Waals surface area contributed by atoms with E-state index in [1.54, 1.807) is 0 Å². The highest BCUT2D eigenvalue weighted by molar-refractivity contribution is 5.97. The summed E-state index contributed by atoms with van der Waals surface area (Å²) in [6.45, 7) is 0.616. The number of benzene rings is 1. The highest BCUT2D eigenvalue weighted by Crippen LogP contribution is 2.28. The van der Waals surface area contributed by atoms with Crippen LogP contribution >= 0.6 is 0 Å².